The first-order valence-electron chi connectivity index (χ1n) is 14.3. The second kappa shape index (κ2) is 16.7. The number of aromatic amines is 1. The fourth-order valence-electron chi connectivity index (χ4n) is 4.30. The number of nitrogens with two attached hydrogens (primary N) is 3. The summed E-state index contributed by atoms with van der Waals surface area (Å²) in [6, 6.07) is 4.96. The van der Waals surface area contributed by atoms with E-state index < -0.39 is 54.0 Å². The van der Waals surface area contributed by atoms with E-state index in [-0.39, 0.29) is 6.42 Å². The number of unbranched alkanes of at least 4 members (excludes halogenated alkanes) is 2. The van der Waals surface area contributed by atoms with E-state index in [4.69, 9.17) is 21.9 Å². The van der Waals surface area contributed by atoms with Crippen molar-refractivity contribution in [2.75, 3.05) is 19.6 Å². The number of para-hydroxylation sites is 1. The van der Waals surface area contributed by atoms with Gasteiger partial charge in [0.1, 0.15) is 17.7 Å². The largest absolute Gasteiger partial charge is 0.458 e. The number of aromatic nitrogens is 1. The number of rotatable bonds is 17. The SMILES string of the molecule is CC(C)(C)OC(=O)[C@H](CCCCN)NC(=O)CNC(=O)[C@H](Cc1c[nH]c2ccccc12)NC(=O)[C@@H](N)CCCCN. The molecule has 3 amide bonds. The van der Waals surface area contributed by atoms with Crippen LogP contribution in [-0.4, -0.2) is 72.0 Å². The van der Waals surface area contributed by atoms with Crippen molar-refractivity contribution in [1.29, 1.82) is 0 Å². The van der Waals surface area contributed by atoms with E-state index in [0.29, 0.717) is 45.2 Å². The maximum absolute atomic E-state index is 13.3. The Labute approximate surface area is 241 Å². The molecule has 1 heterocycles. The maximum Gasteiger partial charge on any atom is 0.329 e. The van der Waals surface area contributed by atoms with E-state index in [9.17, 15) is 19.2 Å². The minimum absolute atomic E-state index is 0.179. The van der Waals surface area contributed by atoms with E-state index >= 15 is 0 Å². The Morgan fingerprint density at radius 2 is 1.56 bits per heavy atom. The van der Waals surface area contributed by atoms with Crippen molar-refractivity contribution in [3.8, 4) is 0 Å². The Morgan fingerprint density at radius 1 is 0.902 bits per heavy atom. The molecule has 2 aromatic rings. The molecular weight excluding hydrogens is 526 g/mol. The second-order valence-electron chi connectivity index (χ2n) is 11.2. The monoisotopic (exact) mass is 573 g/mol. The van der Waals surface area contributed by atoms with Crippen LogP contribution in [0.5, 0.6) is 0 Å². The van der Waals surface area contributed by atoms with Crippen LogP contribution < -0.4 is 33.2 Å². The van der Waals surface area contributed by atoms with Crippen LogP contribution in [0.15, 0.2) is 30.5 Å². The number of H-pyrrole nitrogens is 1. The quantitative estimate of drug-likeness (QED) is 0.106. The minimum atomic E-state index is -0.985. The number of amides is 3. The Bertz CT molecular complexity index is 1140. The third-order valence-electron chi connectivity index (χ3n) is 6.43. The average Bonchev–Trinajstić information content (AvgIpc) is 3.32. The number of benzene rings is 1. The van der Waals surface area contributed by atoms with Crippen molar-refractivity contribution < 1.29 is 23.9 Å². The molecule has 0 aliphatic heterocycles. The number of carbonyl (C=O) groups excluding carboxylic acids is 4. The average molecular weight is 574 g/mol. The molecule has 0 aliphatic rings. The molecule has 0 saturated carbocycles. The highest BCUT2D eigenvalue weighted by Crippen LogP contribution is 2.19. The Hall–Kier alpha value is -3.48. The molecule has 12 nitrogen and oxygen atoms in total. The van der Waals surface area contributed by atoms with Gasteiger partial charge in [-0.15, -0.1) is 0 Å². The third kappa shape index (κ3) is 11.9. The highest BCUT2D eigenvalue weighted by molar-refractivity contribution is 5.93. The molecule has 0 saturated heterocycles. The summed E-state index contributed by atoms with van der Waals surface area (Å²) < 4.78 is 5.45. The highest BCUT2D eigenvalue weighted by atomic mass is 16.6. The minimum Gasteiger partial charge on any atom is -0.458 e. The predicted octanol–water partition coefficient (Wildman–Crippen LogP) is 0.723. The topological polar surface area (TPSA) is 207 Å². The summed E-state index contributed by atoms with van der Waals surface area (Å²) in [6.45, 7) is 5.81. The fraction of sp³-hybridized carbons (Fsp3) is 0.586. The maximum atomic E-state index is 13.3. The van der Waals surface area contributed by atoms with Gasteiger partial charge < -0.3 is 42.9 Å². The van der Waals surface area contributed by atoms with Gasteiger partial charge in [-0.3, -0.25) is 14.4 Å². The van der Waals surface area contributed by atoms with Gasteiger partial charge in [-0.1, -0.05) is 24.6 Å². The molecule has 1 aromatic carbocycles. The standard InChI is InChI=1S/C29H47N7O5/c1-29(2,3)41-28(40)23(13-7-9-15-31)35-25(37)18-34-27(39)24(36-26(38)21(32)11-6-8-14-30)16-19-17-33-22-12-5-4-10-20(19)22/h4-5,10,12,17,21,23-24,33H,6-9,11,13-16,18,30-32H2,1-3H3,(H,34,39)(H,35,37)(H,36,38)/t21-,23-,24-/m0/s1. The van der Waals surface area contributed by atoms with Crippen LogP contribution >= 0.6 is 0 Å². The number of nitrogens with one attached hydrogen (secondary N) is 4. The first kappa shape index (κ1) is 33.7. The van der Waals surface area contributed by atoms with Crippen LogP contribution in [0.4, 0.5) is 0 Å². The second-order valence-corrected chi connectivity index (χ2v) is 11.2. The first-order valence-corrected chi connectivity index (χ1v) is 14.3. The zero-order valence-corrected chi connectivity index (χ0v) is 24.5. The van der Waals surface area contributed by atoms with E-state index in [0.717, 1.165) is 22.9 Å². The molecule has 12 heteroatoms. The molecule has 41 heavy (non-hydrogen) atoms. The normalized spacial score (nSPS) is 13.7. The van der Waals surface area contributed by atoms with Crippen molar-refractivity contribution in [3.05, 3.63) is 36.0 Å². The van der Waals surface area contributed by atoms with Crippen LogP contribution in [-0.2, 0) is 30.3 Å². The van der Waals surface area contributed by atoms with Gasteiger partial charge in [0.2, 0.25) is 17.7 Å². The molecule has 228 valence electrons. The van der Waals surface area contributed by atoms with Gasteiger partial charge in [0.05, 0.1) is 12.6 Å². The molecule has 2 rings (SSSR count). The fourth-order valence-corrected chi connectivity index (χ4v) is 4.30. The van der Waals surface area contributed by atoms with Crippen LogP contribution in [0, 0.1) is 0 Å². The van der Waals surface area contributed by atoms with Gasteiger partial charge in [-0.05, 0) is 77.6 Å². The first-order chi connectivity index (χ1) is 19.4. The Morgan fingerprint density at radius 3 is 2.22 bits per heavy atom. The molecule has 1 aromatic heterocycles. The lowest BCUT2D eigenvalue weighted by Gasteiger charge is -2.25. The molecule has 0 aliphatic carbocycles. The van der Waals surface area contributed by atoms with Crippen molar-refractivity contribution in [2.45, 2.75) is 89.4 Å². The van der Waals surface area contributed by atoms with E-state index in [1.54, 1.807) is 27.0 Å². The van der Waals surface area contributed by atoms with Crippen LogP contribution in [0.3, 0.4) is 0 Å². The Balaban J connectivity index is 2.09. The summed E-state index contributed by atoms with van der Waals surface area (Å²) in [6.07, 6.45) is 5.50. The number of esters is 1. The molecule has 3 atom stereocenters. The highest BCUT2D eigenvalue weighted by Gasteiger charge is 2.28. The van der Waals surface area contributed by atoms with Gasteiger partial charge in [0.15, 0.2) is 0 Å². The van der Waals surface area contributed by atoms with E-state index in [2.05, 4.69) is 20.9 Å². The number of carbonyl (C=O) groups is 4. The molecule has 0 unspecified atom stereocenters. The molecule has 0 bridgehead atoms. The van der Waals surface area contributed by atoms with Crippen LogP contribution in [0.1, 0.15) is 64.9 Å². The molecular formula is C29H47N7O5. The molecule has 0 radical (unpaired) electrons. The predicted molar refractivity (Wildman–Crippen MR) is 159 cm³/mol. The summed E-state index contributed by atoms with van der Waals surface area (Å²) in [5.41, 5.74) is 18.2. The van der Waals surface area contributed by atoms with Crippen molar-refractivity contribution in [3.63, 3.8) is 0 Å². The summed E-state index contributed by atoms with van der Waals surface area (Å²) >= 11 is 0. The van der Waals surface area contributed by atoms with E-state index in [1.165, 1.54) is 0 Å². The number of fused-ring (bicyclic) bond motifs is 1. The lowest BCUT2D eigenvalue weighted by atomic mass is 10.0. The lowest BCUT2D eigenvalue weighted by molar-refractivity contribution is -0.158. The zero-order chi connectivity index (χ0) is 30.4. The number of ether oxygens (including phenoxy) is 1. The summed E-state index contributed by atoms with van der Waals surface area (Å²) in [5, 5.41) is 8.92. The van der Waals surface area contributed by atoms with Gasteiger partial charge >= 0.3 is 5.97 Å². The van der Waals surface area contributed by atoms with Gasteiger partial charge in [-0.2, -0.15) is 0 Å². The van der Waals surface area contributed by atoms with Crippen molar-refractivity contribution in [2.24, 2.45) is 17.2 Å². The van der Waals surface area contributed by atoms with E-state index in [1.807, 2.05) is 24.3 Å². The summed E-state index contributed by atoms with van der Waals surface area (Å²) in [7, 11) is 0. The van der Waals surface area contributed by atoms with Crippen LogP contribution in [0.25, 0.3) is 10.9 Å². The van der Waals surface area contributed by atoms with Crippen LogP contribution in [0.2, 0.25) is 0 Å². The smallest absolute Gasteiger partial charge is 0.329 e. The summed E-state index contributed by atoms with van der Waals surface area (Å²) in [5.74, 6) is -2.12. The number of hydrogen-bond acceptors (Lipinski definition) is 8. The van der Waals surface area contributed by atoms with Gasteiger partial charge in [0, 0.05) is 23.5 Å². The zero-order valence-electron chi connectivity index (χ0n) is 24.5. The lowest BCUT2D eigenvalue weighted by Crippen LogP contribution is -2.54. The molecule has 0 fully saturated rings. The van der Waals surface area contributed by atoms with Gasteiger partial charge in [0.25, 0.3) is 0 Å². The summed E-state index contributed by atoms with van der Waals surface area (Å²) in [4.78, 5) is 54.7. The van der Waals surface area contributed by atoms with Crippen molar-refractivity contribution >= 4 is 34.6 Å². The van der Waals surface area contributed by atoms with Gasteiger partial charge in [-0.25, -0.2) is 4.79 Å². The Kier molecular flexibility index (Phi) is 13.7. The molecule has 0 spiro atoms. The molecule has 10 N–H and O–H groups in total. The number of hydrogen-bond donors (Lipinski definition) is 7. The third-order valence-corrected chi connectivity index (χ3v) is 6.43. The van der Waals surface area contributed by atoms with Crippen molar-refractivity contribution in [1.82, 2.24) is 20.9 Å².